The fraction of sp³-hybridized carbons (Fsp3) is 0.600. The van der Waals surface area contributed by atoms with E-state index in [1.54, 1.807) is 0 Å². The molecule has 1 aromatic carbocycles. The Morgan fingerprint density at radius 2 is 2.16 bits per heavy atom. The summed E-state index contributed by atoms with van der Waals surface area (Å²) in [7, 11) is 0. The van der Waals surface area contributed by atoms with E-state index in [0.717, 1.165) is 45.6 Å². The Hall–Kier alpha value is -1.10. The third-order valence-corrected chi connectivity index (χ3v) is 4.34. The van der Waals surface area contributed by atoms with E-state index >= 15 is 0 Å². The number of hydrogen-bond acceptors (Lipinski definition) is 4. The largest absolute Gasteiger partial charge is 0.394 e. The lowest BCUT2D eigenvalue weighted by atomic mass is 9.90. The minimum absolute atomic E-state index is 0.167. The van der Waals surface area contributed by atoms with Gasteiger partial charge in [-0.05, 0) is 30.4 Å². The van der Waals surface area contributed by atoms with E-state index in [-0.39, 0.29) is 12.1 Å². The van der Waals surface area contributed by atoms with Gasteiger partial charge in [-0.3, -0.25) is 0 Å². The van der Waals surface area contributed by atoms with Crippen LogP contribution in [0.5, 0.6) is 0 Å². The predicted molar refractivity (Wildman–Crippen MR) is 75.3 cm³/mol. The number of ether oxygens (including phenoxy) is 1. The van der Waals surface area contributed by atoms with Crippen LogP contribution in [0.3, 0.4) is 0 Å². The van der Waals surface area contributed by atoms with E-state index in [4.69, 9.17) is 4.74 Å². The molecule has 4 nitrogen and oxygen atoms in total. The van der Waals surface area contributed by atoms with Gasteiger partial charge >= 0.3 is 0 Å². The number of hydrogen-bond donors (Lipinski definition) is 3. The SMILES string of the molecule is OCC1(NCc2cccc3c2NCC3)CCOCC1. The lowest BCUT2D eigenvalue weighted by molar-refractivity contribution is 0.0112. The second-order valence-corrected chi connectivity index (χ2v) is 5.53. The fourth-order valence-electron chi connectivity index (χ4n) is 2.99. The number of aliphatic hydroxyl groups excluding tert-OH is 1. The van der Waals surface area contributed by atoms with Crippen LogP contribution < -0.4 is 10.6 Å². The quantitative estimate of drug-likeness (QED) is 0.765. The van der Waals surface area contributed by atoms with Crippen LogP contribution >= 0.6 is 0 Å². The van der Waals surface area contributed by atoms with E-state index in [2.05, 4.69) is 28.8 Å². The van der Waals surface area contributed by atoms with Gasteiger partial charge in [0.15, 0.2) is 0 Å². The fourth-order valence-corrected chi connectivity index (χ4v) is 2.99. The minimum Gasteiger partial charge on any atom is -0.394 e. The lowest BCUT2D eigenvalue weighted by Gasteiger charge is -2.36. The average molecular weight is 262 g/mol. The number of benzene rings is 1. The van der Waals surface area contributed by atoms with Crippen molar-refractivity contribution in [1.29, 1.82) is 0 Å². The Morgan fingerprint density at radius 3 is 2.95 bits per heavy atom. The number of anilines is 1. The molecular formula is C15H22N2O2. The van der Waals surface area contributed by atoms with Crippen molar-refractivity contribution >= 4 is 5.69 Å². The maximum atomic E-state index is 9.68. The van der Waals surface area contributed by atoms with Gasteiger partial charge < -0.3 is 20.5 Å². The molecule has 0 unspecified atom stereocenters. The Balaban J connectivity index is 1.70. The van der Waals surface area contributed by atoms with E-state index in [9.17, 15) is 5.11 Å². The molecule has 2 heterocycles. The van der Waals surface area contributed by atoms with Crippen LogP contribution in [0, 0.1) is 0 Å². The summed E-state index contributed by atoms with van der Waals surface area (Å²) in [6, 6.07) is 6.47. The summed E-state index contributed by atoms with van der Waals surface area (Å²) in [4.78, 5) is 0. The van der Waals surface area contributed by atoms with Crippen LogP contribution in [-0.2, 0) is 17.7 Å². The topological polar surface area (TPSA) is 53.5 Å². The highest BCUT2D eigenvalue weighted by Crippen LogP contribution is 2.27. The first-order valence-electron chi connectivity index (χ1n) is 7.11. The van der Waals surface area contributed by atoms with E-state index < -0.39 is 0 Å². The predicted octanol–water partition coefficient (Wildman–Crippen LogP) is 1.29. The number of fused-ring (bicyclic) bond motifs is 1. The summed E-state index contributed by atoms with van der Waals surface area (Å²) in [5, 5.41) is 16.7. The first-order valence-corrected chi connectivity index (χ1v) is 7.11. The van der Waals surface area contributed by atoms with Crippen LogP contribution in [0.2, 0.25) is 0 Å². The normalized spacial score (nSPS) is 20.9. The molecule has 2 aliphatic rings. The second-order valence-electron chi connectivity index (χ2n) is 5.53. The van der Waals surface area contributed by atoms with Crippen LogP contribution in [0.1, 0.15) is 24.0 Å². The van der Waals surface area contributed by atoms with E-state index in [1.807, 2.05) is 0 Å². The van der Waals surface area contributed by atoms with Gasteiger partial charge in [0.25, 0.3) is 0 Å². The monoisotopic (exact) mass is 262 g/mol. The number of nitrogens with one attached hydrogen (secondary N) is 2. The molecular weight excluding hydrogens is 240 g/mol. The molecule has 0 amide bonds. The molecule has 1 aromatic rings. The van der Waals surface area contributed by atoms with Crippen molar-refractivity contribution in [2.75, 3.05) is 31.7 Å². The molecule has 2 aliphatic heterocycles. The van der Waals surface area contributed by atoms with Crippen LogP contribution in [0.15, 0.2) is 18.2 Å². The summed E-state index contributed by atoms with van der Waals surface area (Å²) in [6.07, 6.45) is 2.88. The molecule has 0 saturated carbocycles. The summed E-state index contributed by atoms with van der Waals surface area (Å²) in [6.45, 7) is 3.48. The molecule has 0 atom stereocenters. The molecule has 0 bridgehead atoms. The Kier molecular flexibility index (Phi) is 3.73. The molecule has 0 aromatic heterocycles. The molecule has 1 saturated heterocycles. The first-order chi connectivity index (χ1) is 9.33. The third-order valence-electron chi connectivity index (χ3n) is 4.34. The zero-order chi connectivity index (χ0) is 13.1. The van der Waals surface area contributed by atoms with Crippen molar-refractivity contribution in [3.8, 4) is 0 Å². The molecule has 3 rings (SSSR count). The van der Waals surface area contributed by atoms with Gasteiger partial charge in [-0.1, -0.05) is 18.2 Å². The molecule has 3 N–H and O–H groups in total. The molecule has 104 valence electrons. The lowest BCUT2D eigenvalue weighted by Crippen LogP contribution is -2.51. The highest BCUT2D eigenvalue weighted by Gasteiger charge is 2.31. The second kappa shape index (κ2) is 5.49. The molecule has 1 fully saturated rings. The number of aliphatic hydroxyl groups is 1. The number of para-hydroxylation sites is 1. The molecule has 0 aliphatic carbocycles. The summed E-state index contributed by atoms with van der Waals surface area (Å²) < 4.78 is 5.39. The molecule has 19 heavy (non-hydrogen) atoms. The van der Waals surface area contributed by atoms with Gasteiger partial charge in [-0.2, -0.15) is 0 Å². The summed E-state index contributed by atoms with van der Waals surface area (Å²) >= 11 is 0. The molecule has 0 spiro atoms. The Bertz CT molecular complexity index is 442. The van der Waals surface area contributed by atoms with Crippen molar-refractivity contribution in [1.82, 2.24) is 5.32 Å². The maximum Gasteiger partial charge on any atom is 0.0615 e. The highest BCUT2D eigenvalue weighted by molar-refractivity contribution is 5.61. The van der Waals surface area contributed by atoms with Gasteiger partial charge in [0.1, 0.15) is 0 Å². The zero-order valence-electron chi connectivity index (χ0n) is 11.2. The Morgan fingerprint density at radius 1 is 1.32 bits per heavy atom. The van der Waals surface area contributed by atoms with E-state index in [1.165, 1.54) is 16.8 Å². The van der Waals surface area contributed by atoms with Crippen LogP contribution in [0.25, 0.3) is 0 Å². The Labute approximate surface area is 114 Å². The van der Waals surface area contributed by atoms with Crippen molar-refractivity contribution in [3.05, 3.63) is 29.3 Å². The van der Waals surface area contributed by atoms with E-state index in [0.29, 0.717) is 0 Å². The summed E-state index contributed by atoms with van der Waals surface area (Å²) in [5.41, 5.74) is 3.83. The summed E-state index contributed by atoms with van der Waals surface area (Å²) in [5.74, 6) is 0. The standard InChI is InChI=1S/C15H22N2O2/c18-11-15(5-8-19-9-6-15)17-10-13-3-1-2-12-4-7-16-14(12)13/h1-3,16-18H,4-11H2. The molecule has 0 radical (unpaired) electrons. The van der Waals surface area contributed by atoms with Crippen LogP contribution in [-0.4, -0.2) is 37.0 Å². The smallest absolute Gasteiger partial charge is 0.0615 e. The maximum absolute atomic E-state index is 9.68. The third kappa shape index (κ3) is 2.61. The van der Waals surface area contributed by atoms with Crippen molar-refractivity contribution in [2.45, 2.75) is 31.3 Å². The van der Waals surface area contributed by atoms with Gasteiger partial charge in [0.2, 0.25) is 0 Å². The van der Waals surface area contributed by atoms with Crippen molar-refractivity contribution in [3.63, 3.8) is 0 Å². The zero-order valence-corrected chi connectivity index (χ0v) is 11.2. The first kappa shape index (κ1) is 12.9. The number of rotatable bonds is 4. The van der Waals surface area contributed by atoms with Crippen molar-refractivity contribution in [2.24, 2.45) is 0 Å². The molecule has 4 heteroatoms. The van der Waals surface area contributed by atoms with Crippen LogP contribution in [0.4, 0.5) is 5.69 Å². The average Bonchev–Trinajstić information content (AvgIpc) is 2.95. The van der Waals surface area contributed by atoms with Gasteiger partial charge in [0, 0.05) is 37.5 Å². The van der Waals surface area contributed by atoms with Gasteiger partial charge in [-0.25, -0.2) is 0 Å². The van der Waals surface area contributed by atoms with Crippen molar-refractivity contribution < 1.29 is 9.84 Å². The van der Waals surface area contributed by atoms with Gasteiger partial charge in [-0.15, -0.1) is 0 Å². The highest BCUT2D eigenvalue weighted by atomic mass is 16.5. The van der Waals surface area contributed by atoms with Gasteiger partial charge in [0.05, 0.1) is 6.61 Å². The minimum atomic E-state index is -0.167.